The predicted octanol–water partition coefficient (Wildman–Crippen LogP) is 3.93. The molecule has 2 heterocycles. The van der Waals surface area contributed by atoms with Gasteiger partial charge in [-0.2, -0.15) is 0 Å². The van der Waals surface area contributed by atoms with Crippen molar-refractivity contribution in [3.8, 4) is 0 Å². The summed E-state index contributed by atoms with van der Waals surface area (Å²) in [6.07, 6.45) is 6.65. The van der Waals surface area contributed by atoms with Crippen molar-refractivity contribution in [3.05, 3.63) is 52.8 Å². The molecule has 3 aromatic rings. The summed E-state index contributed by atoms with van der Waals surface area (Å²) >= 11 is 6.04. The summed E-state index contributed by atoms with van der Waals surface area (Å²) < 4.78 is 1.70. The van der Waals surface area contributed by atoms with E-state index in [1.54, 1.807) is 4.40 Å². The van der Waals surface area contributed by atoms with E-state index in [4.69, 9.17) is 11.6 Å². The summed E-state index contributed by atoms with van der Waals surface area (Å²) in [5.41, 5.74) is 1.29. The van der Waals surface area contributed by atoms with Crippen LogP contribution >= 0.6 is 11.6 Å². The molecule has 0 atom stereocenters. The van der Waals surface area contributed by atoms with Crippen LogP contribution in [0.15, 0.2) is 36.5 Å². The highest BCUT2D eigenvalue weighted by Crippen LogP contribution is 2.40. The highest BCUT2D eigenvalue weighted by atomic mass is 35.5. The molecule has 1 aliphatic rings. The van der Waals surface area contributed by atoms with E-state index in [1.807, 2.05) is 43.5 Å². The SMILES string of the molecule is Cc1ccn2c(NC(=O)C3(c4ccc(Cl)cc4)CCCCC3)nnc2n1. The molecule has 1 amide bonds. The Morgan fingerprint density at radius 2 is 1.85 bits per heavy atom. The second-order valence-electron chi connectivity index (χ2n) is 6.87. The van der Waals surface area contributed by atoms with E-state index in [2.05, 4.69) is 20.5 Å². The standard InChI is InChI=1S/C19H20ClN5O/c1-13-9-12-25-17(21-13)23-24-18(25)22-16(26)19(10-3-2-4-11-19)14-5-7-15(20)8-6-14/h5-9,12H,2-4,10-11H2,1H3,(H,22,24,26). The number of carbonyl (C=O) groups excluding carboxylic acids is 1. The second-order valence-corrected chi connectivity index (χ2v) is 7.30. The Hall–Kier alpha value is -2.47. The Balaban J connectivity index is 1.69. The molecule has 1 saturated carbocycles. The van der Waals surface area contributed by atoms with E-state index in [0.717, 1.165) is 43.4 Å². The first-order chi connectivity index (χ1) is 12.6. The molecule has 0 spiro atoms. The molecule has 7 heteroatoms. The fraction of sp³-hybridized carbons (Fsp3) is 0.368. The number of amides is 1. The van der Waals surface area contributed by atoms with Gasteiger partial charge in [0.2, 0.25) is 11.9 Å². The first-order valence-electron chi connectivity index (χ1n) is 8.84. The zero-order valence-electron chi connectivity index (χ0n) is 14.6. The van der Waals surface area contributed by atoms with Gasteiger partial charge in [-0.3, -0.25) is 14.5 Å². The van der Waals surface area contributed by atoms with E-state index in [-0.39, 0.29) is 5.91 Å². The van der Waals surface area contributed by atoms with E-state index >= 15 is 0 Å². The molecule has 1 N–H and O–H groups in total. The number of aryl methyl sites for hydroxylation is 1. The predicted molar refractivity (Wildman–Crippen MR) is 100 cm³/mol. The highest BCUT2D eigenvalue weighted by molar-refractivity contribution is 6.30. The maximum atomic E-state index is 13.3. The van der Waals surface area contributed by atoms with Crippen molar-refractivity contribution in [2.24, 2.45) is 0 Å². The molecule has 26 heavy (non-hydrogen) atoms. The van der Waals surface area contributed by atoms with Crippen LogP contribution in [0.1, 0.15) is 43.4 Å². The van der Waals surface area contributed by atoms with Gasteiger partial charge in [0.15, 0.2) is 0 Å². The fourth-order valence-corrected chi connectivity index (χ4v) is 3.88. The molecule has 0 unspecified atom stereocenters. The number of hydrogen-bond donors (Lipinski definition) is 1. The summed E-state index contributed by atoms with van der Waals surface area (Å²) in [6.45, 7) is 1.89. The molecule has 1 aromatic carbocycles. The first kappa shape index (κ1) is 17.0. The molecule has 2 aromatic heterocycles. The molecule has 0 aliphatic heterocycles. The van der Waals surface area contributed by atoms with Crippen LogP contribution < -0.4 is 5.32 Å². The van der Waals surface area contributed by atoms with Gasteiger partial charge in [0.05, 0.1) is 5.41 Å². The lowest BCUT2D eigenvalue weighted by Gasteiger charge is -2.36. The van der Waals surface area contributed by atoms with Crippen LogP contribution in [0.5, 0.6) is 0 Å². The van der Waals surface area contributed by atoms with Crippen molar-refractivity contribution in [3.63, 3.8) is 0 Å². The highest BCUT2D eigenvalue weighted by Gasteiger charge is 2.41. The van der Waals surface area contributed by atoms with Gasteiger partial charge in [-0.05, 0) is 43.5 Å². The van der Waals surface area contributed by atoms with Gasteiger partial charge >= 0.3 is 0 Å². The summed E-state index contributed by atoms with van der Waals surface area (Å²) in [5.74, 6) is 0.829. The Kier molecular flexibility index (Phi) is 4.36. The molecule has 0 radical (unpaired) electrons. The van der Waals surface area contributed by atoms with Gasteiger partial charge in [0.1, 0.15) is 0 Å². The third-order valence-electron chi connectivity index (χ3n) is 5.18. The zero-order valence-corrected chi connectivity index (χ0v) is 15.3. The minimum Gasteiger partial charge on any atom is -0.293 e. The minimum absolute atomic E-state index is 0.0469. The van der Waals surface area contributed by atoms with Crippen molar-refractivity contribution in [1.29, 1.82) is 0 Å². The number of nitrogens with one attached hydrogen (secondary N) is 1. The molecule has 1 aliphatic carbocycles. The Bertz CT molecular complexity index is 944. The number of anilines is 1. The third-order valence-corrected chi connectivity index (χ3v) is 5.43. The van der Waals surface area contributed by atoms with Crippen LogP contribution in [0.25, 0.3) is 5.78 Å². The van der Waals surface area contributed by atoms with Gasteiger partial charge in [-0.25, -0.2) is 4.98 Å². The quantitative estimate of drug-likeness (QED) is 0.759. The van der Waals surface area contributed by atoms with Crippen molar-refractivity contribution in [1.82, 2.24) is 19.6 Å². The second kappa shape index (κ2) is 6.68. The molecular weight excluding hydrogens is 350 g/mol. The zero-order chi connectivity index (χ0) is 18.1. The van der Waals surface area contributed by atoms with E-state index in [1.165, 1.54) is 0 Å². The monoisotopic (exact) mass is 369 g/mol. The number of rotatable bonds is 3. The molecule has 0 bridgehead atoms. The topological polar surface area (TPSA) is 72.2 Å². The van der Waals surface area contributed by atoms with Crippen LogP contribution in [0, 0.1) is 6.92 Å². The van der Waals surface area contributed by atoms with Crippen molar-refractivity contribution in [2.75, 3.05) is 5.32 Å². The first-order valence-corrected chi connectivity index (χ1v) is 9.22. The van der Waals surface area contributed by atoms with Crippen LogP contribution in [0.2, 0.25) is 5.02 Å². The summed E-state index contributed by atoms with van der Waals surface area (Å²) in [5, 5.41) is 11.8. The van der Waals surface area contributed by atoms with Gasteiger partial charge in [-0.15, -0.1) is 10.2 Å². The normalized spacial score (nSPS) is 16.5. The summed E-state index contributed by atoms with van der Waals surface area (Å²) in [7, 11) is 0. The van der Waals surface area contributed by atoms with E-state index in [0.29, 0.717) is 16.7 Å². The summed E-state index contributed by atoms with van der Waals surface area (Å²) in [6, 6.07) is 9.47. The maximum absolute atomic E-state index is 13.3. The number of aromatic nitrogens is 4. The minimum atomic E-state index is -0.563. The van der Waals surface area contributed by atoms with Crippen LogP contribution in [0.4, 0.5) is 5.95 Å². The van der Waals surface area contributed by atoms with Gasteiger partial charge in [0, 0.05) is 16.9 Å². The average molecular weight is 370 g/mol. The Labute approximate surface area is 156 Å². The third kappa shape index (κ3) is 2.94. The van der Waals surface area contributed by atoms with Crippen molar-refractivity contribution >= 4 is 29.2 Å². The molecule has 134 valence electrons. The van der Waals surface area contributed by atoms with Crippen molar-refractivity contribution < 1.29 is 4.79 Å². The lowest BCUT2D eigenvalue weighted by molar-refractivity contribution is -0.122. The lowest BCUT2D eigenvalue weighted by Crippen LogP contribution is -2.42. The number of carbonyl (C=O) groups is 1. The van der Waals surface area contributed by atoms with E-state index < -0.39 is 5.41 Å². The van der Waals surface area contributed by atoms with Crippen LogP contribution in [-0.4, -0.2) is 25.5 Å². The fourth-order valence-electron chi connectivity index (χ4n) is 3.75. The van der Waals surface area contributed by atoms with Gasteiger partial charge < -0.3 is 0 Å². The van der Waals surface area contributed by atoms with Gasteiger partial charge in [0.25, 0.3) is 5.78 Å². The average Bonchev–Trinajstić information content (AvgIpc) is 3.04. The molecule has 0 saturated heterocycles. The van der Waals surface area contributed by atoms with E-state index in [9.17, 15) is 4.79 Å². The number of nitrogens with zero attached hydrogens (tertiary/aromatic N) is 4. The molecule has 1 fully saturated rings. The largest absolute Gasteiger partial charge is 0.293 e. The molecule has 4 rings (SSSR count). The molecule has 6 nitrogen and oxygen atoms in total. The number of fused-ring (bicyclic) bond motifs is 1. The number of benzene rings is 1. The smallest absolute Gasteiger partial charge is 0.256 e. The molecular formula is C19H20ClN5O. The number of halogens is 1. The maximum Gasteiger partial charge on any atom is 0.256 e. The summed E-state index contributed by atoms with van der Waals surface area (Å²) in [4.78, 5) is 17.7. The Morgan fingerprint density at radius 3 is 2.58 bits per heavy atom. The Morgan fingerprint density at radius 1 is 1.12 bits per heavy atom. The van der Waals surface area contributed by atoms with Crippen LogP contribution in [-0.2, 0) is 10.2 Å². The number of hydrogen-bond acceptors (Lipinski definition) is 4. The van der Waals surface area contributed by atoms with Crippen LogP contribution in [0.3, 0.4) is 0 Å². The lowest BCUT2D eigenvalue weighted by atomic mass is 9.69. The van der Waals surface area contributed by atoms with Crippen molar-refractivity contribution in [2.45, 2.75) is 44.4 Å². The van der Waals surface area contributed by atoms with Gasteiger partial charge in [-0.1, -0.05) is 43.0 Å².